The summed E-state index contributed by atoms with van der Waals surface area (Å²) in [5, 5.41) is 20.1. The van der Waals surface area contributed by atoms with Gasteiger partial charge >= 0.3 is 5.97 Å². The van der Waals surface area contributed by atoms with Crippen LogP contribution in [-0.2, 0) is 10.3 Å². The van der Waals surface area contributed by atoms with Crippen LogP contribution >= 0.6 is 0 Å². The van der Waals surface area contributed by atoms with Crippen LogP contribution in [0.4, 0.5) is 8.78 Å². The van der Waals surface area contributed by atoms with Crippen LogP contribution in [0.5, 0.6) is 0 Å². The van der Waals surface area contributed by atoms with Crippen molar-refractivity contribution >= 4 is 5.97 Å². The van der Waals surface area contributed by atoms with E-state index in [2.05, 4.69) is 15.5 Å². The van der Waals surface area contributed by atoms with Gasteiger partial charge in [-0.25, -0.2) is 18.3 Å². The molecular weight excluding hydrogens is 270 g/mol. The molecule has 0 bridgehead atoms. The van der Waals surface area contributed by atoms with Gasteiger partial charge in [-0.1, -0.05) is 0 Å². The Kier molecular flexibility index (Phi) is 2.73. The first kappa shape index (κ1) is 12.6. The van der Waals surface area contributed by atoms with E-state index >= 15 is 0 Å². The Morgan fingerprint density at radius 3 is 2.70 bits per heavy atom. The topological polar surface area (TPSA) is 80.9 Å². The number of hydrogen-bond acceptors (Lipinski definition) is 4. The molecule has 1 fully saturated rings. The fourth-order valence-corrected chi connectivity index (χ4v) is 2.34. The maximum absolute atomic E-state index is 13.8. The van der Waals surface area contributed by atoms with Crippen LogP contribution in [0, 0.1) is 11.6 Å². The monoisotopic (exact) mass is 280 g/mol. The summed E-state index contributed by atoms with van der Waals surface area (Å²) in [6.45, 7) is 0. The van der Waals surface area contributed by atoms with Gasteiger partial charge in [0.05, 0.1) is 5.56 Å². The number of rotatable bonds is 3. The molecule has 1 N–H and O–H groups in total. The molecule has 3 rings (SSSR count). The third kappa shape index (κ3) is 1.68. The number of carboxylic acids is 1. The van der Waals surface area contributed by atoms with E-state index in [-0.39, 0.29) is 11.4 Å². The lowest BCUT2D eigenvalue weighted by molar-refractivity contribution is -0.153. The van der Waals surface area contributed by atoms with Crippen LogP contribution in [0.3, 0.4) is 0 Å². The van der Waals surface area contributed by atoms with Gasteiger partial charge in [0.25, 0.3) is 0 Å². The normalized spacial score (nSPS) is 16.7. The first-order valence-corrected chi connectivity index (χ1v) is 6.02. The second-order valence-corrected chi connectivity index (χ2v) is 4.73. The molecule has 1 aliphatic rings. The maximum atomic E-state index is 13.8. The summed E-state index contributed by atoms with van der Waals surface area (Å²) in [6, 6.07) is 2.88. The average Bonchev–Trinajstić information content (AvgIpc) is 2.80. The number of aliphatic carboxylic acids is 1. The van der Waals surface area contributed by atoms with Crippen molar-refractivity contribution in [2.75, 3.05) is 0 Å². The maximum Gasteiger partial charge on any atom is 0.331 e. The van der Waals surface area contributed by atoms with E-state index in [9.17, 15) is 18.7 Å². The number of hydrogen-bond donors (Lipinski definition) is 1. The summed E-state index contributed by atoms with van der Waals surface area (Å²) in [5.41, 5.74) is -1.42. The van der Waals surface area contributed by atoms with E-state index < -0.39 is 23.1 Å². The van der Waals surface area contributed by atoms with E-state index in [1.54, 1.807) is 0 Å². The number of tetrazole rings is 1. The summed E-state index contributed by atoms with van der Waals surface area (Å²) in [7, 11) is 0. The summed E-state index contributed by atoms with van der Waals surface area (Å²) in [5.74, 6) is -2.51. The lowest BCUT2D eigenvalue weighted by atomic mass is 9.76. The minimum Gasteiger partial charge on any atom is -0.479 e. The molecule has 0 saturated heterocycles. The molecule has 104 valence electrons. The number of benzene rings is 1. The van der Waals surface area contributed by atoms with Crippen molar-refractivity contribution in [3.05, 3.63) is 29.8 Å². The molecule has 8 heteroatoms. The predicted molar refractivity (Wildman–Crippen MR) is 62.6 cm³/mol. The Morgan fingerprint density at radius 1 is 1.35 bits per heavy atom. The van der Waals surface area contributed by atoms with Crippen LogP contribution in [0.15, 0.2) is 18.2 Å². The summed E-state index contributed by atoms with van der Waals surface area (Å²) in [6.07, 6.45) is 1.44. The smallest absolute Gasteiger partial charge is 0.331 e. The van der Waals surface area contributed by atoms with E-state index in [4.69, 9.17) is 0 Å². The highest BCUT2D eigenvalue weighted by Crippen LogP contribution is 2.41. The second kappa shape index (κ2) is 4.32. The standard InChI is InChI=1S/C12H10F2N4O2/c13-7-2-3-9(14)8(6-7)10-15-16-17-18(10)12(11(19)20)4-1-5-12/h2-3,6H,1,4-5H2,(H,19,20). The number of carboxylic acid groups (broad SMARTS) is 1. The average molecular weight is 280 g/mol. The Hall–Kier alpha value is -2.38. The highest BCUT2D eigenvalue weighted by atomic mass is 19.1. The van der Waals surface area contributed by atoms with Crippen molar-refractivity contribution in [2.45, 2.75) is 24.8 Å². The number of carbonyl (C=O) groups is 1. The zero-order valence-electron chi connectivity index (χ0n) is 10.3. The molecule has 6 nitrogen and oxygen atoms in total. The van der Waals surface area contributed by atoms with E-state index in [0.29, 0.717) is 12.8 Å². The van der Waals surface area contributed by atoms with Crippen molar-refractivity contribution in [1.82, 2.24) is 20.2 Å². The third-order valence-corrected chi connectivity index (χ3v) is 3.62. The van der Waals surface area contributed by atoms with Crippen molar-refractivity contribution in [3.8, 4) is 11.4 Å². The molecule has 0 radical (unpaired) electrons. The Balaban J connectivity index is 2.16. The zero-order chi connectivity index (χ0) is 14.3. The first-order valence-electron chi connectivity index (χ1n) is 6.02. The van der Waals surface area contributed by atoms with Gasteiger partial charge in [-0.3, -0.25) is 0 Å². The largest absolute Gasteiger partial charge is 0.479 e. The lowest BCUT2D eigenvalue weighted by Gasteiger charge is -2.37. The Labute approximate surface area is 112 Å². The van der Waals surface area contributed by atoms with Crippen LogP contribution < -0.4 is 0 Å². The molecule has 0 atom stereocenters. The van der Waals surface area contributed by atoms with Gasteiger partial charge in [0.2, 0.25) is 0 Å². The SMILES string of the molecule is O=C(O)C1(n2nnnc2-c2cc(F)ccc2F)CCC1. The summed E-state index contributed by atoms with van der Waals surface area (Å²) in [4.78, 5) is 11.5. The van der Waals surface area contributed by atoms with Crippen LogP contribution in [0.2, 0.25) is 0 Å². The van der Waals surface area contributed by atoms with Crippen molar-refractivity contribution in [3.63, 3.8) is 0 Å². The molecule has 20 heavy (non-hydrogen) atoms. The van der Waals surface area contributed by atoms with Gasteiger partial charge in [-0.05, 0) is 47.9 Å². The van der Waals surface area contributed by atoms with Crippen LogP contribution in [0.25, 0.3) is 11.4 Å². The fraction of sp³-hybridized carbons (Fsp3) is 0.333. The molecule has 1 aromatic carbocycles. The highest BCUT2D eigenvalue weighted by Gasteiger charge is 2.49. The molecule has 1 saturated carbocycles. The highest BCUT2D eigenvalue weighted by molar-refractivity contribution is 5.78. The second-order valence-electron chi connectivity index (χ2n) is 4.73. The van der Waals surface area contributed by atoms with Gasteiger partial charge in [-0.2, -0.15) is 0 Å². The van der Waals surface area contributed by atoms with Gasteiger partial charge in [0.15, 0.2) is 11.4 Å². The van der Waals surface area contributed by atoms with Gasteiger partial charge in [0.1, 0.15) is 11.6 Å². The first-order chi connectivity index (χ1) is 9.54. The van der Waals surface area contributed by atoms with E-state index in [1.807, 2.05) is 0 Å². The molecule has 1 aliphatic carbocycles. The molecule has 0 spiro atoms. The number of halogens is 2. The van der Waals surface area contributed by atoms with Gasteiger partial charge in [0, 0.05) is 0 Å². The zero-order valence-corrected chi connectivity index (χ0v) is 10.3. The van der Waals surface area contributed by atoms with Gasteiger partial charge in [-0.15, -0.1) is 5.10 Å². The Bertz CT molecular complexity index is 682. The van der Waals surface area contributed by atoms with Crippen molar-refractivity contribution < 1.29 is 18.7 Å². The Morgan fingerprint density at radius 2 is 2.10 bits per heavy atom. The van der Waals surface area contributed by atoms with Gasteiger partial charge < -0.3 is 5.11 Å². The quantitative estimate of drug-likeness (QED) is 0.923. The van der Waals surface area contributed by atoms with E-state index in [0.717, 1.165) is 29.3 Å². The molecule has 1 aromatic heterocycles. The van der Waals surface area contributed by atoms with Crippen molar-refractivity contribution in [2.24, 2.45) is 0 Å². The van der Waals surface area contributed by atoms with Crippen LogP contribution in [-0.4, -0.2) is 31.3 Å². The molecule has 0 unspecified atom stereocenters. The lowest BCUT2D eigenvalue weighted by Crippen LogP contribution is -2.48. The fourth-order valence-electron chi connectivity index (χ4n) is 2.34. The predicted octanol–water partition coefficient (Wildman–Crippen LogP) is 1.58. The van der Waals surface area contributed by atoms with Crippen LogP contribution in [0.1, 0.15) is 19.3 Å². The third-order valence-electron chi connectivity index (χ3n) is 3.62. The number of aromatic nitrogens is 4. The number of nitrogens with zero attached hydrogens (tertiary/aromatic N) is 4. The molecule has 0 amide bonds. The molecule has 1 heterocycles. The van der Waals surface area contributed by atoms with E-state index in [1.165, 1.54) is 0 Å². The minimum atomic E-state index is -1.27. The summed E-state index contributed by atoms with van der Waals surface area (Å²) >= 11 is 0. The molecular formula is C12H10F2N4O2. The van der Waals surface area contributed by atoms with Crippen molar-refractivity contribution in [1.29, 1.82) is 0 Å². The minimum absolute atomic E-state index is 0.0795. The molecule has 0 aliphatic heterocycles. The molecule has 2 aromatic rings. The summed E-state index contributed by atoms with van der Waals surface area (Å²) < 4.78 is 28.1.